The van der Waals surface area contributed by atoms with Crippen LogP contribution >= 0.6 is 11.8 Å². The van der Waals surface area contributed by atoms with Gasteiger partial charge in [0.2, 0.25) is 5.16 Å². The standard InChI is InChI=1S/C9H11N3S/c1-4-6-12-8(3)10-9(11-12)13-7-5-2/h2,4H,1,6-7H2,3H3. The number of rotatable bonds is 4. The molecule has 0 N–H and O–H groups in total. The van der Waals surface area contributed by atoms with E-state index in [0.717, 1.165) is 11.0 Å². The molecular formula is C9H11N3S. The number of terminal acetylenes is 1. The number of aryl methyl sites for hydroxylation is 1. The molecule has 3 nitrogen and oxygen atoms in total. The van der Waals surface area contributed by atoms with Crippen LogP contribution in [0.15, 0.2) is 17.8 Å². The highest BCUT2D eigenvalue weighted by Crippen LogP contribution is 2.12. The molecule has 13 heavy (non-hydrogen) atoms. The van der Waals surface area contributed by atoms with Crippen molar-refractivity contribution in [3.63, 3.8) is 0 Å². The van der Waals surface area contributed by atoms with Crippen molar-refractivity contribution in [2.75, 3.05) is 5.75 Å². The molecule has 0 radical (unpaired) electrons. The fourth-order valence-corrected chi connectivity index (χ4v) is 1.42. The fraction of sp³-hybridized carbons (Fsp3) is 0.333. The first-order valence-corrected chi connectivity index (χ1v) is 4.85. The lowest BCUT2D eigenvalue weighted by Crippen LogP contribution is -1.99. The Hall–Kier alpha value is -1.21. The van der Waals surface area contributed by atoms with Gasteiger partial charge in [-0.3, -0.25) is 0 Å². The quantitative estimate of drug-likeness (QED) is 0.412. The molecule has 0 spiro atoms. The lowest BCUT2D eigenvalue weighted by Gasteiger charge is -1.94. The van der Waals surface area contributed by atoms with Crippen LogP contribution in [0.5, 0.6) is 0 Å². The highest BCUT2D eigenvalue weighted by atomic mass is 32.2. The first kappa shape index (κ1) is 9.87. The van der Waals surface area contributed by atoms with Gasteiger partial charge in [-0.05, 0) is 6.92 Å². The van der Waals surface area contributed by atoms with E-state index in [1.807, 2.05) is 6.92 Å². The lowest BCUT2D eigenvalue weighted by atomic mass is 10.6. The Kier molecular flexibility index (Phi) is 3.59. The van der Waals surface area contributed by atoms with E-state index in [0.29, 0.717) is 12.3 Å². The second kappa shape index (κ2) is 4.73. The average molecular weight is 193 g/mol. The van der Waals surface area contributed by atoms with Crippen LogP contribution in [0.25, 0.3) is 0 Å². The molecule has 0 saturated heterocycles. The summed E-state index contributed by atoms with van der Waals surface area (Å²) >= 11 is 1.47. The molecule has 1 heterocycles. The molecule has 0 aliphatic rings. The number of allylic oxidation sites excluding steroid dienone is 1. The van der Waals surface area contributed by atoms with Crippen molar-refractivity contribution in [2.45, 2.75) is 18.6 Å². The predicted octanol–water partition coefficient (Wildman–Crippen LogP) is 1.50. The van der Waals surface area contributed by atoms with E-state index in [9.17, 15) is 0 Å². The highest BCUT2D eigenvalue weighted by Gasteiger charge is 2.03. The SMILES string of the molecule is C#CCSc1nc(C)n(CC=C)n1. The van der Waals surface area contributed by atoms with Crippen LogP contribution in [0, 0.1) is 19.3 Å². The molecule has 0 aromatic carbocycles. The first-order valence-electron chi connectivity index (χ1n) is 3.86. The Bertz CT molecular complexity index is 335. The average Bonchev–Trinajstić information content (AvgIpc) is 2.45. The Labute approximate surface area is 82.2 Å². The summed E-state index contributed by atoms with van der Waals surface area (Å²) in [6, 6.07) is 0. The first-order chi connectivity index (χ1) is 6.27. The van der Waals surface area contributed by atoms with Crippen LogP contribution in [-0.2, 0) is 6.54 Å². The fourth-order valence-electron chi connectivity index (χ4n) is 0.857. The number of hydrogen-bond donors (Lipinski definition) is 0. The number of thioether (sulfide) groups is 1. The van der Waals surface area contributed by atoms with E-state index in [1.54, 1.807) is 10.8 Å². The smallest absolute Gasteiger partial charge is 0.209 e. The van der Waals surface area contributed by atoms with Crippen molar-refractivity contribution in [3.05, 3.63) is 18.5 Å². The van der Waals surface area contributed by atoms with Gasteiger partial charge in [0.1, 0.15) is 5.82 Å². The molecule has 0 aliphatic heterocycles. The van der Waals surface area contributed by atoms with Crippen molar-refractivity contribution in [1.29, 1.82) is 0 Å². The zero-order valence-electron chi connectivity index (χ0n) is 7.53. The summed E-state index contributed by atoms with van der Waals surface area (Å²) in [5, 5.41) is 4.97. The van der Waals surface area contributed by atoms with Crippen LogP contribution < -0.4 is 0 Å². The van der Waals surface area contributed by atoms with Gasteiger partial charge in [-0.2, -0.15) is 0 Å². The summed E-state index contributed by atoms with van der Waals surface area (Å²) in [7, 11) is 0. The zero-order valence-corrected chi connectivity index (χ0v) is 8.34. The van der Waals surface area contributed by atoms with Crippen molar-refractivity contribution in [1.82, 2.24) is 14.8 Å². The molecular weight excluding hydrogens is 182 g/mol. The molecule has 1 aromatic rings. The number of hydrogen-bond acceptors (Lipinski definition) is 3. The third kappa shape index (κ3) is 2.63. The maximum atomic E-state index is 5.13. The Morgan fingerprint density at radius 3 is 3.15 bits per heavy atom. The van der Waals surface area contributed by atoms with E-state index in [-0.39, 0.29) is 0 Å². The molecule has 0 aliphatic carbocycles. The van der Waals surface area contributed by atoms with E-state index in [1.165, 1.54) is 11.8 Å². The minimum absolute atomic E-state index is 0.609. The highest BCUT2D eigenvalue weighted by molar-refractivity contribution is 7.99. The van der Waals surface area contributed by atoms with Crippen molar-refractivity contribution >= 4 is 11.8 Å². The third-order valence-corrected chi connectivity index (χ3v) is 2.17. The lowest BCUT2D eigenvalue weighted by molar-refractivity contribution is 0.660. The van der Waals surface area contributed by atoms with Crippen molar-refractivity contribution in [3.8, 4) is 12.3 Å². The minimum Gasteiger partial charge on any atom is -0.245 e. The molecule has 0 atom stereocenters. The Morgan fingerprint density at radius 2 is 2.54 bits per heavy atom. The molecule has 1 aromatic heterocycles. The van der Waals surface area contributed by atoms with Gasteiger partial charge in [-0.1, -0.05) is 23.8 Å². The maximum absolute atomic E-state index is 5.13. The van der Waals surface area contributed by atoms with Gasteiger partial charge in [0, 0.05) is 0 Å². The van der Waals surface area contributed by atoms with E-state index < -0.39 is 0 Å². The summed E-state index contributed by atoms with van der Waals surface area (Å²) < 4.78 is 1.80. The minimum atomic E-state index is 0.609. The van der Waals surface area contributed by atoms with Gasteiger partial charge in [-0.15, -0.1) is 18.1 Å². The summed E-state index contributed by atoms with van der Waals surface area (Å²) in [5.41, 5.74) is 0. The van der Waals surface area contributed by atoms with Crippen LogP contribution in [0.3, 0.4) is 0 Å². The molecule has 68 valence electrons. The largest absolute Gasteiger partial charge is 0.245 e. The molecule has 0 saturated carbocycles. The molecule has 0 unspecified atom stereocenters. The summed E-state index contributed by atoms with van der Waals surface area (Å²) in [4.78, 5) is 4.24. The van der Waals surface area contributed by atoms with Crippen LogP contribution in [-0.4, -0.2) is 20.5 Å². The van der Waals surface area contributed by atoms with Gasteiger partial charge in [0.25, 0.3) is 0 Å². The monoisotopic (exact) mass is 193 g/mol. The zero-order chi connectivity index (χ0) is 9.68. The Morgan fingerprint density at radius 1 is 1.77 bits per heavy atom. The van der Waals surface area contributed by atoms with Crippen LogP contribution in [0.2, 0.25) is 0 Å². The predicted molar refractivity (Wildman–Crippen MR) is 54.5 cm³/mol. The van der Waals surface area contributed by atoms with Crippen molar-refractivity contribution < 1.29 is 0 Å². The molecule has 0 amide bonds. The third-order valence-electron chi connectivity index (χ3n) is 1.42. The Balaban J connectivity index is 2.71. The van der Waals surface area contributed by atoms with Gasteiger partial charge in [-0.25, -0.2) is 9.67 Å². The number of nitrogens with zero attached hydrogens (tertiary/aromatic N) is 3. The summed E-state index contributed by atoms with van der Waals surface area (Å²) in [6.07, 6.45) is 6.92. The molecule has 0 fully saturated rings. The summed E-state index contributed by atoms with van der Waals surface area (Å²) in [6.45, 7) is 6.24. The topological polar surface area (TPSA) is 30.7 Å². The second-order valence-corrected chi connectivity index (χ2v) is 3.35. The van der Waals surface area contributed by atoms with E-state index in [4.69, 9.17) is 6.42 Å². The number of aromatic nitrogens is 3. The molecule has 1 rings (SSSR count). The normalized spacial score (nSPS) is 9.54. The summed E-state index contributed by atoms with van der Waals surface area (Å²) in [5.74, 6) is 4.03. The van der Waals surface area contributed by atoms with Crippen LogP contribution in [0.1, 0.15) is 5.82 Å². The van der Waals surface area contributed by atoms with Gasteiger partial charge < -0.3 is 0 Å². The van der Waals surface area contributed by atoms with Gasteiger partial charge in [0.15, 0.2) is 0 Å². The van der Waals surface area contributed by atoms with Gasteiger partial charge in [0.05, 0.1) is 12.3 Å². The van der Waals surface area contributed by atoms with E-state index in [2.05, 4.69) is 22.6 Å². The van der Waals surface area contributed by atoms with Crippen molar-refractivity contribution in [2.24, 2.45) is 0 Å². The van der Waals surface area contributed by atoms with Gasteiger partial charge >= 0.3 is 0 Å². The maximum Gasteiger partial charge on any atom is 0.209 e. The molecule has 4 heteroatoms. The second-order valence-electron chi connectivity index (χ2n) is 2.41. The van der Waals surface area contributed by atoms with E-state index >= 15 is 0 Å². The molecule has 0 bridgehead atoms. The van der Waals surface area contributed by atoms with Crippen LogP contribution in [0.4, 0.5) is 0 Å².